The van der Waals surface area contributed by atoms with Crippen molar-refractivity contribution >= 4 is 23.4 Å². The van der Waals surface area contributed by atoms with Gasteiger partial charge in [0, 0.05) is 56.0 Å². The summed E-state index contributed by atoms with van der Waals surface area (Å²) < 4.78 is 2.01. The molecular weight excluding hydrogens is 356 g/mol. The van der Waals surface area contributed by atoms with E-state index in [0.717, 1.165) is 17.4 Å². The zero-order chi connectivity index (χ0) is 18.8. The summed E-state index contributed by atoms with van der Waals surface area (Å²) in [5.41, 5.74) is 4.04. The van der Waals surface area contributed by atoms with Crippen molar-refractivity contribution in [3.63, 3.8) is 0 Å². The summed E-state index contributed by atoms with van der Waals surface area (Å²) in [5.74, 6) is 0.0627. The third-order valence-electron chi connectivity index (χ3n) is 4.92. The number of carbonyl (C=O) groups excluding carboxylic acids is 1. The SMILES string of the molecule is CSc1nccn1-c1cccc(C(=O)N2CCN(C)c3ccccc3C2)c1. The lowest BCUT2D eigenvalue weighted by Crippen LogP contribution is -2.34. The molecule has 3 aromatic rings. The first-order valence-electron chi connectivity index (χ1n) is 8.93. The maximum Gasteiger partial charge on any atom is 0.254 e. The van der Waals surface area contributed by atoms with Crippen LogP contribution in [0.15, 0.2) is 66.1 Å². The molecule has 2 heterocycles. The fraction of sp³-hybridized carbons (Fsp3) is 0.238. The minimum absolute atomic E-state index is 0.0627. The number of likely N-dealkylation sites (N-methyl/N-ethyl adjacent to an activating group) is 1. The van der Waals surface area contributed by atoms with Gasteiger partial charge in [0.15, 0.2) is 5.16 Å². The van der Waals surface area contributed by atoms with Crippen molar-refractivity contribution in [2.24, 2.45) is 0 Å². The van der Waals surface area contributed by atoms with Gasteiger partial charge in [-0.1, -0.05) is 36.0 Å². The van der Waals surface area contributed by atoms with Crippen LogP contribution in [0.5, 0.6) is 0 Å². The van der Waals surface area contributed by atoms with E-state index >= 15 is 0 Å². The number of carbonyl (C=O) groups is 1. The Balaban J connectivity index is 1.63. The van der Waals surface area contributed by atoms with Gasteiger partial charge in [0.25, 0.3) is 5.91 Å². The molecule has 0 saturated carbocycles. The van der Waals surface area contributed by atoms with Gasteiger partial charge < -0.3 is 9.80 Å². The molecule has 0 bridgehead atoms. The first-order chi connectivity index (χ1) is 13.2. The van der Waals surface area contributed by atoms with Gasteiger partial charge in [-0.3, -0.25) is 9.36 Å². The van der Waals surface area contributed by atoms with Gasteiger partial charge in [-0.05, 0) is 36.1 Å². The molecule has 1 aliphatic rings. The minimum Gasteiger partial charge on any atom is -0.373 e. The van der Waals surface area contributed by atoms with Crippen LogP contribution in [0.25, 0.3) is 5.69 Å². The molecule has 6 heteroatoms. The van der Waals surface area contributed by atoms with Crippen LogP contribution >= 0.6 is 11.8 Å². The molecule has 27 heavy (non-hydrogen) atoms. The van der Waals surface area contributed by atoms with Gasteiger partial charge in [0.1, 0.15) is 0 Å². The normalized spacial score (nSPS) is 14.0. The van der Waals surface area contributed by atoms with Crippen molar-refractivity contribution in [1.82, 2.24) is 14.5 Å². The van der Waals surface area contributed by atoms with Gasteiger partial charge in [0.05, 0.1) is 0 Å². The van der Waals surface area contributed by atoms with Crippen LogP contribution in [0.1, 0.15) is 15.9 Å². The van der Waals surface area contributed by atoms with Gasteiger partial charge in [-0.2, -0.15) is 0 Å². The summed E-state index contributed by atoms with van der Waals surface area (Å²) in [5, 5.41) is 0.907. The molecule has 2 aromatic carbocycles. The monoisotopic (exact) mass is 378 g/mol. The molecule has 138 valence electrons. The Morgan fingerprint density at radius 2 is 1.96 bits per heavy atom. The number of imidazole rings is 1. The molecular formula is C21H22N4OS. The van der Waals surface area contributed by atoms with Crippen LogP contribution in [0.4, 0.5) is 5.69 Å². The summed E-state index contributed by atoms with van der Waals surface area (Å²) >= 11 is 1.59. The third kappa shape index (κ3) is 3.45. The predicted octanol–water partition coefficient (Wildman–Crippen LogP) is 3.69. The number of rotatable bonds is 3. The standard InChI is InChI=1S/C21H22N4OS/c1-23-12-13-24(15-17-6-3-4-9-19(17)23)20(26)16-7-5-8-18(14-16)25-11-10-22-21(25)27-2/h3-11,14H,12-13,15H2,1-2H3. The van der Waals surface area contributed by atoms with E-state index in [2.05, 4.69) is 29.1 Å². The zero-order valence-electron chi connectivity index (χ0n) is 15.5. The Morgan fingerprint density at radius 3 is 2.81 bits per heavy atom. The van der Waals surface area contributed by atoms with Crippen molar-refractivity contribution in [3.05, 3.63) is 72.1 Å². The Hall–Kier alpha value is -2.73. The second kappa shape index (κ2) is 7.48. The van der Waals surface area contributed by atoms with Crippen molar-refractivity contribution in [3.8, 4) is 5.69 Å². The lowest BCUT2D eigenvalue weighted by atomic mass is 10.1. The van der Waals surface area contributed by atoms with E-state index in [1.807, 2.05) is 58.3 Å². The number of nitrogens with zero attached hydrogens (tertiary/aromatic N) is 4. The number of amides is 1. The highest BCUT2D eigenvalue weighted by Gasteiger charge is 2.22. The van der Waals surface area contributed by atoms with Gasteiger partial charge in [0.2, 0.25) is 0 Å². The zero-order valence-corrected chi connectivity index (χ0v) is 16.3. The third-order valence-corrected chi connectivity index (χ3v) is 5.58. The van der Waals surface area contributed by atoms with E-state index in [1.54, 1.807) is 18.0 Å². The summed E-state index contributed by atoms with van der Waals surface area (Å²) in [4.78, 5) is 21.7. The molecule has 0 saturated heterocycles. The van der Waals surface area contributed by atoms with Crippen LogP contribution < -0.4 is 4.90 Å². The molecule has 4 rings (SSSR count). The van der Waals surface area contributed by atoms with Crippen molar-refractivity contribution in [1.29, 1.82) is 0 Å². The van der Waals surface area contributed by atoms with E-state index in [9.17, 15) is 4.79 Å². The molecule has 0 spiro atoms. The highest BCUT2D eigenvalue weighted by atomic mass is 32.2. The topological polar surface area (TPSA) is 41.4 Å². The van der Waals surface area contributed by atoms with Gasteiger partial charge in [-0.25, -0.2) is 4.98 Å². The van der Waals surface area contributed by atoms with Crippen LogP contribution in [0.2, 0.25) is 0 Å². The predicted molar refractivity (Wildman–Crippen MR) is 110 cm³/mol. The van der Waals surface area contributed by atoms with Crippen molar-refractivity contribution < 1.29 is 4.79 Å². The number of aromatic nitrogens is 2. The fourth-order valence-electron chi connectivity index (χ4n) is 3.47. The van der Waals surface area contributed by atoms with Gasteiger partial charge >= 0.3 is 0 Å². The summed E-state index contributed by atoms with van der Waals surface area (Å²) in [6.45, 7) is 2.15. The van der Waals surface area contributed by atoms with Crippen LogP contribution in [0.3, 0.4) is 0 Å². The smallest absolute Gasteiger partial charge is 0.254 e. The molecule has 0 fully saturated rings. The molecule has 0 unspecified atom stereocenters. The van der Waals surface area contributed by atoms with E-state index in [-0.39, 0.29) is 5.91 Å². The maximum atomic E-state index is 13.2. The number of thioether (sulfide) groups is 1. The van der Waals surface area contributed by atoms with E-state index in [0.29, 0.717) is 18.7 Å². The number of para-hydroxylation sites is 1. The average molecular weight is 379 g/mol. The minimum atomic E-state index is 0.0627. The second-order valence-corrected chi connectivity index (χ2v) is 7.38. The van der Waals surface area contributed by atoms with Crippen molar-refractivity contribution in [2.75, 3.05) is 31.3 Å². The summed E-state index contributed by atoms with van der Waals surface area (Å²) in [6, 6.07) is 16.1. The lowest BCUT2D eigenvalue weighted by molar-refractivity contribution is 0.0751. The molecule has 1 aliphatic heterocycles. The molecule has 0 aliphatic carbocycles. The average Bonchev–Trinajstić information content (AvgIpc) is 3.13. The van der Waals surface area contributed by atoms with E-state index in [4.69, 9.17) is 0 Å². The molecule has 1 amide bonds. The largest absolute Gasteiger partial charge is 0.373 e. The van der Waals surface area contributed by atoms with E-state index < -0.39 is 0 Å². The molecule has 5 nitrogen and oxygen atoms in total. The Morgan fingerprint density at radius 1 is 1.11 bits per heavy atom. The lowest BCUT2D eigenvalue weighted by Gasteiger charge is -2.21. The first-order valence-corrected chi connectivity index (χ1v) is 10.2. The summed E-state index contributed by atoms with van der Waals surface area (Å²) in [7, 11) is 2.08. The van der Waals surface area contributed by atoms with Crippen LogP contribution in [0, 0.1) is 0 Å². The number of anilines is 1. The highest BCUT2D eigenvalue weighted by molar-refractivity contribution is 7.98. The van der Waals surface area contributed by atoms with Gasteiger partial charge in [-0.15, -0.1) is 0 Å². The number of hydrogen-bond donors (Lipinski definition) is 0. The maximum absolute atomic E-state index is 13.2. The van der Waals surface area contributed by atoms with Crippen LogP contribution in [-0.2, 0) is 6.54 Å². The first kappa shape index (κ1) is 17.7. The molecule has 0 N–H and O–H groups in total. The number of hydrogen-bond acceptors (Lipinski definition) is 4. The molecule has 0 atom stereocenters. The second-order valence-electron chi connectivity index (χ2n) is 6.61. The summed E-state index contributed by atoms with van der Waals surface area (Å²) in [6.07, 6.45) is 5.70. The molecule has 1 aromatic heterocycles. The van der Waals surface area contributed by atoms with Crippen LogP contribution in [-0.4, -0.2) is 46.8 Å². The van der Waals surface area contributed by atoms with Crippen molar-refractivity contribution in [2.45, 2.75) is 11.7 Å². The quantitative estimate of drug-likeness (QED) is 0.652. The Kier molecular flexibility index (Phi) is 4.90. The van der Waals surface area contributed by atoms with E-state index in [1.165, 1.54) is 11.3 Å². The fourth-order valence-corrected chi connectivity index (χ4v) is 4.00. The Bertz CT molecular complexity index is 968. The number of benzene rings is 2. The Labute approximate surface area is 163 Å². The number of fused-ring (bicyclic) bond motifs is 1. The highest BCUT2D eigenvalue weighted by Crippen LogP contribution is 2.25. The molecule has 0 radical (unpaired) electrons.